The summed E-state index contributed by atoms with van der Waals surface area (Å²) in [6.07, 6.45) is 1.04. The lowest BCUT2D eigenvalue weighted by Gasteiger charge is -2.07. The van der Waals surface area contributed by atoms with Crippen molar-refractivity contribution in [1.29, 1.82) is 0 Å². The third kappa shape index (κ3) is 10.7. The highest BCUT2D eigenvalue weighted by Gasteiger charge is 2.30. The SMILES string of the molecule is FC(F)(F)c1ccc(/C=C/c2nc(COCCCCCOCc3coc(CCc4ccc(C(F)(F)F)cc4)n3)co2)cc1. The third-order valence-corrected chi connectivity index (χ3v) is 6.31. The predicted molar refractivity (Wildman–Crippen MR) is 145 cm³/mol. The number of ether oxygens (including phenoxy) is 2. The van der Waals surface area contributed by atoms with Crippen LogP contribution in [0.15, 0.2) is 69.9 Å². The van der Waals surface area contributed by atoms with E-state index in [1.807, 2.05) is 0 Å². The number of oxazole rings is 2. The van der Waals surface area contributed by atoms with E-state index in [0.717, 1.165) is 49.1 Å². The topological polar surface area (TPSA) is 70.5 Å². The van der Waals surface area contributed by atoms with Crippen LogP contribution in [0, 0.1) is 0 Å². The molecule has 0 saturated carbocycles. The molecular formula is C31H30F6N2O4. The van der Waals surface area contributed by atoms with E-state index in [1.165, 1.54) is 36.8 Å². The average Bonchev–Trinajstić information content (AvgIpc) is 3.63. The molecule has 0 radical (unpaired) electrons. The van der Waals surface area contributed by atoms with E-state index in [0.29, 0.717) is 61.4 Å². The second-order valence-electron chi connectivity index (χ2n) is 9.72. The zero-order chi connectivity index (χ0) is 30.7. The minimum Gasteiger partial charge on any atom is -0.449 e. The lowest BCUT2D eigenvalue weighted by molar-refractivity contribution is -0.138. The van der Waals surface area contributed by atoms with E-state index in [4.69, 9.17) is 18.3 Å². The number of aromatic nitrogens is 2. The summed E-state index contributed by atoms with van der Waals surface area (Å²) < 4.78 is 98.0. The summed E-state index contributed by atoms with van der Waals surface area (Å²) >= 11 is 0. The van der Waals surface area contributed by atoms with Crippen LogP contribution in [0.4, 0.5) is 26.3 Å². The van der Waals surface area contributed by atoms with Crippen LogP contribution in [0.3, 0.4) is 0 Å². The first-order valence-corrected chi connectivity index (χ1v) is 13.6. The molecule has 0 aliphatic carbocycles. The molecule has 43 heavy (non-hydrogen) atoms. The maximum atomic E-state index is 12.7. The molecule has 4 rings (SSSR count). The monoisotopic (exact) mass is 608 g/mol. The first-order valence-electron chi connectivity index (χ1n) is 13.6. The molecule has 0 aliphatic rings. The highest BCUT2D eigenvalue weighted by atomic mass is 19.4. The molecule has 6 nitrogen and oxygen atoms in total. The summed E-state index contributed by atoms with van der Waals surface area (Å²) in [5.41, 5.74) is 1.26. The molecule has 0 fully saturated rings. The normalized spacial score (nSPS) is 12.4. The van der Waals surface area contributed by atoms with Crippen molar-refractivity contribution in [3.8, 4) is 0 Å². The van der Waals surface area contributed by atoms with E-state index in [1.54, 1.807) is 12.2 Å². The van der Waals surface area contributed by atoms with E-state index in [-0.39, 0.29) is 6.61 Å². The fraction of sp³-hybridized carbons (Fsp3) is 0.355. The molecule has 0 N–H and O–H groups in total. The maximum absolute atomic E-state index is 12.7. The summed E-state index contributed by atoms with van der Waals surface area (Å²) in [5, 5.41) is 0. The summed E-state index contributed by atoms with van der Waals surface area (Å²) in [7, 11) is 0. The van der Waals surface area contributed by atoms with Crippen LogP contribution in [-0.2, 0) is 47.9 Å². The van der Waals surface area contributed by atoms with Gasteiger partial charge < -0.3 is 18.3 Å². The van der Waals surface area contributed by atoms with Crippen LogP contribution < -0.4 is 0 Å². The van der Waals surface area contributed by atoms with Crippen molar-refractivity contribution in [3.05, 3.63) is 106 Å². The zero-order valence-corrected chi connectivity index (χ0v) is 23.1. The number of aryl methyl sites for hydroxylation is 2. The molecule has 0 spiro atoms. The Balaban J connectivity index is 1.03. The fourth-order valence-electron chi connectivity index (χ4n) is 4.00. The van der Waals surface area contributed by atoms with Crippen molar-refractivity contribution in [2.45, 2.75) is 57.7 Å². The number of benzene rings is 2. The molecule has 2 aromatic carbocycles. The molecule has 0 atom stereocenters. The van der Waals surface area contributed by atoms with Gasteiger partial charge in [0, 0.05) is 25.7 Å². The molecule has 0 bridgehead atoms. The van der Waals surface area contributed by atoms with Crippen LogP contribution in [0.2, 0.25) is 0 Å². The molecule has 0 unspecified atom stereocenters. The van der Waals surface area contributed by atoms with Gasteiger partial charge in [0.25, 0.3) is 0 Å². The Kier molecular flexibility index (Phi) is 11.2. The van der Waals surface area contributed by atoms with Crippen LogP contribution in [0.25, 0.3) is 12.2 Å². The standard InChI is InChI=1S/C31H30F6N2O4/c32-30(33,34)24-10-4-22(5-11-24)8-14-28-38-26(20-42-28)18-40-16-2-1-3-17-41-19-27-21-43-29(39-27)15-9-23-6-12-25(13-7-23)31(35,36)37/h4-8,10-14,20-21H,1-3,9,15-19H2/b14-8+. The summed E-state index contributed by atoms with van der Waals surface area (Å²) in [5.74, 6) is 0.832. The predicted octanol–water partition coefficient (Wildman–Crippen LogP) is 8.56. The van der Waals surface area contributed by atoms with Crippen molar-refractivity contribution in [2.24, 2.45) is 0 Å². The van der Waals surface area contributed by atoms with Gasteiger partial charge in [-0.2, -0.15) is 26.3 Å². The largest absolute Gasteiger partial charge is 0.449 e. The number of rotatable bonds is 15. The Bertz CT molecular complexity index is 1420. The van der Waals surface area contributed by atoms with Crippen LogP contribution in [-0.4, -0.2) is 23.2 Å². The summed E-state index contributed by atoms with van der Waals surface area (Å²) in [6, 6.07) is 9.85. The molecular weight excluding hydrogens is 578 g/mol. The molecule has 0 amide bonds. The number of nitrogens with zero attached hydrogens (tertiary/aromatic N) is 2. The number of hydrogen-bond donors (Lipinski definition) is 0. The van der Waals surface area contributed by atoms with Gasteiger partial charge in [-0.15, -0.1) is 0 Å². The van der Waals surface area contributed by atoms with Crippen molar-refractivity contribution in [1.82, 2.24) is 9.97 Å². The van der Waals surface area contributed by atoms with E-state index >= 15 is 0 Å². The minimum atomic E-state index is -4.37. The number of unbranched alkanes of at least 4 members (excludes halogenated alkanes) is 2. The summed E-state index contributed by atoms with van der Waals surface area (Å²) in [4.78, 5) is 8.64. The number of hydrogen-bond acceptors (Lipinski definition) is 6. The van der Waals surface area contributed by atoms with Crippen molar-refractivity contribution < 1.29 is 44.7 Å². The smallest absolute Gasteiger partial charge is 0.416 e. The first-order chi connectivity index (χ1) is 20.6. The van der Waals surface area contributed by atoms with Gasteiger partial charge in [0.2, 0.25) is 5.89 Å². The highest BCUT2D eigenvalue weighted by molar-refractivity contribution is 5.66. The first kappa shape index (κ1) is 32.0. The summed E-state index contributed by atoms with van der Waals surface area (Å²) in [6.45, 7) is 1.67. The van der Waals surface area contributed by atoms with Gasteiger partial charge in [-0.25, -0.2) is 9.97 Å². The minimum absolute atomic E-state index is 0.279. The second kappa shape index (κ2) is 15.0. The lowest BCUT2D eigenvalue weighted by Crippen LogP contribution is -2.04. The quantitative estimate of drug-likeness (QED) is 0.0995. The van der Waals surface area contributed by atoms with Crippen molar-refractivity contribution in [2.75, 3.05) is 13.2 Å². The average molecular weight is 609 g/mol. The molecule has 0 aliphatic heterocycles. The zero-order valence-electron chi connectivity index (χ0n) is 23.1. The van der Waals surface area contributed by atoms with Crippen LogP contribution in [0.1, 0.15) is 64.7 Å². The molecule has 12 heteroatoms. The molecule has 0 saturated heterocycles. The fourth-order valence-corrected chi connectivity index (χ4v) is 4.00. The van der Waals surface area contributed by atoms with Gasteiger partial charge in [-0.1, -0.05) is 24.3 Å². The van der Waals surface area contributed by atoms with Gasteiger partial charge in [-0.3, -0.25) is 0 Å². The molecule has 2 heterocycles. The van der Waals surface area contributed by atoms with Gasteiger partial charge in [0.1, 0.15) is 23.9 Å². The van der Waals surface area contributed by atoms with Gasteiger partial charge in [0.15, 0.2) is 5.89 Å². The Morgan fingerprint density at radius 2 is 1.19 bits per heavy atom. The van der Waals surface area contributed by atoms with Crippen LogP contribution >= 0.6 is 0 Å². The number of halogens is 6. The van der Waals surface area contributed by atoms with Gasteiger partial charge >= 0.3 is 12.4 Å². The van der Waals surface area contributed by atoms with E-state index in [9.17, 15) is 26.3 Å². The van der Waals surface area contributed by atoms with Crippen LogP contribution in [0.5, 0.6) is 0 Å². The van der Waals surface area contributed by atoms with E-state index in [2.05, 4.69) is 9.97 Å². The highest BCUT2D eigenvalue weighted by Crippen LogP contribution is 2.30. The number of alkyl halides is 6. The second-order valence-corrected chi connectivity index (χ2v) is 9.72. The molecule has 4 aromatic rings. The third-order valence-electron chi connectivity index (χ3n) is 6.31. The Labute approximate surface area is 244 Å². The molecule has 2 aromatic heterocycles. The Morgan fingerprint density at radius 1 is 0.628 bits per heavy atom. The Morgan fingerprint density at radius 3 is 1.79 bits per heavy atom. The maximum Gasteiger partial charge on any atom is 0.416 e. The Hall–Kier alpha value is -3.90. The van der Waals surface area contributed by atoms with Crippen molar-refractivity contribution in [3.63, 3.8) is 0 Å². The van der Waals surface area contributed by atoms with Gasteiger partial charge in [0.05, 0.1) is 24.3 Å². The van der Waals surface area contributed by atoms with E-state index < -0.39 is 23.5 Å². The lowest BCUT2D eigenvalue weighted by atomic mass is 10.1. The van der Waals surface area contributed by atoms with Crippen molar-refractivity contribution >= 4 is 12.2 Å². The molecule has 230 valence electrons. The van der Waals surface area contributed by atoms with Gasteiger partial charge in [-0.05, 0) is 67.2 Å².